The van der Waals surface area contributed by atoms with E-state index in [2.05, 4.69) is 102 Å². The third kappa shape index (κ3) is 7.24. The first-order valence-electron chi connectivity index (χ1n) is 12.3. The summed E-state index contributed by atoms with van der Waals surface area (Å²) in [6.07, 6.45) is -2.18. The number of ether oxygens (including phenoxy) is 1. The van der Waals surface area contributed by atoms with Gasteiger partial charge in [0.1, 0.15) is 18.3 Å². The minimum Gasteiger partial charge on any atom is -0.414 e. The third-order valence-electron chi connectivity index (χ3n) is 8.48. The van der Waals surface area contributed by atoms with Gasteiger partial charge in [-0.15, -0.1) is 0 Å². The number of hydrogen-bond donors (Lipinski definition) is 1. The summed E-state index contributed by atoms with van der Waals surface area (Å²) in [7, 11) is -6.43. The van der Waals surface area contributed by atoms with Gasteiger partial charge in [0, 0.05) is 0 Å². The monoisotopic (exact) mass is 519 g/mol. The normalized spacial score (nSPS) is 26.0. The van der Waals surface area contributed by atoms with Gasteiger partial charge in [0.05, 0.1) is 6.61 Å². The van der Waals surface area contributed by atoms with Crippen molar-refractivity contribution in [1.82, 2.24) is 0 Å². The highest BCUT2D eigenvalue weighted by atomic mass is 28.4. The summed E-state index contributed by atoms with van der Waals surface area (Å²) < 4.78 is 26.5. The Labute approximate surface area is 207 Å². The van der Waals surface area contributed by atoms with Gasteiger partial charge in [0.2, 0.25) is 5.91 Å². The van der Waals surface area contributed by atoms with Crippen molar-refractivity contribution in [1.29, 1.82) is 0 Å². The van der Waals surface area contributed by atoms with Crippen LogP contribution in [0.1, 0.15) is 62.3 Å². The highest BCUT2D eigenvalue weighted by Crippen LogP contribution is 2.44. The number of amides is 1. The number of nitrogens with two attached hydrogens (primary N) is 1. The number of carbonyl (C=O) groups is 1. The van der Waals surface area contributed by atoms with Crippen LogP contribution in [0.2, 0.25) is 54.4 Å². The van der Waals surface area contributed by atoms with Gasteiger partial charge >= 0.3 is 0 Å². The quantitative estimate of drug-likeness (QED) is 0.395. The summed E-state index contributed by atoms with van der Waals surface area (Å²) in [6, 6.07) is 0. The van der Waals surface area contributed by atoms with Gasteiger partial charge in [-0.05, 0) is 54.4 Å². The highest BCUT2D eigenvalue weighted by Gasteiger charge is 2.55. The largest absolute Gasteiger partial charge is 0.414 e. The maximum atomic E-state index is 12.5. The molecule has 0 aromatic heterocycles. The molecule has 0 unspecified atom stereocenters. The smallest absolute Gasteiger partial charge is 0.249 e. The second-order valence-electron chi connectivity index (χ2n) is 14.3. The zero-order chi connectivity index (χ0) is 26.4. The molecule has 1 heterocycles. The number of hydrogen-bond acceptors (Lipinski definition) is 5. The van der Waals surface area contributed by atoms with E-state index in [4.69, 9.17) is 23.7 Å². The van der Waals surface area contributed by atoms with Crippen LogP contribution in [0.15, 0.2) is 0 Å². The topological polar surface area (TPSA) is 80.0 Å². The van der Waals surface area contributed by atoms with E-state index in [1.165, 1.54) is 0 Å². The molecule has 1 fully saturated rings. The van der Waals surface area contributed by atoms with E-state index in [1.807, 2.05) is 0 Å². The van der Waals surface area contributed by atoms with E-state index in [0.717, 1.165) is 0 Å². The van der Waals surface area contributed by atoms with Crippen LogP contribution < -0.4 is 5.73 Å². The van der Waals surface area contributed by atoms with E-state index in [-0.39, 0.29) is 15.1 Å². The van der Waals surface area contributed by atoms with Crippen molar-refractivity contribution in [3.8, 4) is 0 Å². The fourth-order valence-electron chi connectivity index (χ4n) is 2.90. The molecule has 4 atom stereocenters. The molecule has 1 saturated heterocycles. The second-order valence-corrected chi connectivity index (χ2v) is 28.6. The minimum atomic E-state index is -2.22. The van der Waals surface area contributed by atoms with E-state index in [1.54, 1.807) is 0 Å². The molecule has 1 aliphatic heterocycles. The van der Waals surface area contributed by atoms with Crippen molar-refractivity contribution < 1.29 is 22.8 Å². The molecule has 196 valence electrons. The summed E-state index contributed by atoms with van der Waals surface area (Å²) in [6.45, 7) is 33.5. The summed E-state index contributed by atoms with van der Waals surface area (Å²) in [5, 5.41) is 0.0537. The summed E-state index contributed by atoms with van der Waals surface area (Å²) >= 11 is 0. The molecule has 1 aliphatic rings. The van der Waals surface area contributed by atoms with Crippen molar-refractivity contribution in [2.45, 2.75) is 141 Å². The van der Waals surface area contributed by atoms with E-state index >= 15 is 0 Å². The van der Waals surface area contributed by atoms with Crippen LogP contribution in [0.4, 0.5) is 0 Å². The van der Waals surface area contributed by atoms with E-state index < -0.39 is 55.3 Å². The summed E-state index contributed by atoms with van der Waals surface area (Å²) in [5.74, 6) is -0.502. The molecule has 1 amide bonds. The predicted molar refractivity (Wildman–Crippen MR) is 145 cm³/mol. The Kier molecular flexibility index (Phi) is 9.19. The molecule has 0 aromatic carbocycles. The first-order chi connectivity index (χ1) is 14.3. The lowest BCUT2D eigenvalue weighted by Crippen LogP contribution is -2.56. The first kappa shape index (κ1) is 31.0. The molecule has 9 heteroatoms. The Morgan fingerprint density at radius 3 is 1.42 bits per heavy atom. The maximum absolute atomic E-state index is 12.5. The van der Waals surface area contributed by atoms with Crippen LogP contribution >= 0.6 is 0 Å². The molecule has 0 spiro atoms. The van der Waals surface area contributed by atoms with Crippen molar-refractivity contribution in [3.05, 3.63) is 0 Å². The fourth-order valence-corrected chi connectivity index (χ4v) is 6.53. The lowest BCUT2D eigenvalue weighted by atomic mass is 10.1. The molecule has 33 heavy (non-hydrogen) atoms. The number of primary amides is 1. The Hall–Kier alpha value is -0.0394. The van der Waals surface area contributed by atoms with Gasteiger partial charge in [-0.2, -0.15) is 0 Å². The van der Waals surface area contributed by atoms with Crippen LogP contribution in [0, 0.1) is 0 Å². The van der Waals surface area contributed by atoms with Gasteiger partial charge in [0.15, 0.2) is 31.1 Å². The molecular formula is C24H53NO5Si3. The summed E-state index contributed by atoms with van der Waals surface area (Å²) in [5.41, 5.74) is 5.84. The van der Waals surface area contributed by atoms with Gasteiger partial charge in [-0.3, -0.25) is 4.79 Å². The van der Waals surface area contributed by atoms with Gasteiger partial charge < -0.3 is 23.7 Å². The van der Waals surface area contributed by atoms with E-state index in [0.29, 0.717) is 6.61 Å². The molecule has 2 N–H and O–H groups in total. The molecule has 6 nitrogen and oxygen atoms in total. The average molecular weight is 520 g/mol. The Bertz CT molecular complexity index is 690. The van der Waals surface area contributed by atoms with Gasteiger partial charge in [-0.1, -0.05) is 62.3 Å². The van der Waals surface area contributed by atoms with Gasteiger partial charge in [-0.25, -0.2) is 0 Å². The lowest BCUT2D eigenvalue weighted by Gasteiger charge is -2.44. The molecule has 0 radical (unpaired) electrons. The van der Waals surface area contributed by atoms with Crippen LogP contribution in [0.25, 0.3) is 0 Å². The number of carbonyl (C=O) groups excluding carboxylic acids is 1. The standard InChI is InChI=1S/C24H53NO5Si3/c1-22(2,3)31(10,11)27-16-17-18(29-32(12,13)23(4,5)6)19(20(28-17)21(25)26)30-33(14,15)24(7,8)9/h17-20H,16H2,1-15H3,(H2,25,26)/t17-,18-,19-,20-/m1/s1. The van der Waals surface area contributed by atoms with Crippen molar-refractivity contribution in [2.75, 3.05) is 6.61 Å². The van der Waals surface area contributed by atoms with Crippen molar-refractivity contribution in [3.63, 3.8) is 0 Å². The Morgan fingerprint density at radius 1 is 0.727 bits per heavy atom. The molecule has 1 rings (SSSR count). The molecular weight excluding hydrogens is 467 g/mol. The molecule has 0 bridgehead atoms. The van der Waals surface area contributed by atoms with Crippen LogP contribution in [0.5, 0.6) is 0 Å². The van der Waals surface area contributed by atoms with Crippen LogP contribution in [-0.4, -0.2) is 61.9 Å². The van der Waals surface area contributed by atoms with Crippen molar-refractivity contribution in [2.24, 2.45) is 5.73 Å². The van der Waals surface area contributed by atoms with Crippen molar-refractivity contribution >= 4 is 30.9 Å². The molecule has 0 aliphatic carbocycles. The predicted octanol–water partition coefficient (Wildman–Crippen LogP) is 6.04. The molecule has 0 saturated carbocycles. The average Bonchev–Trinajstić information content (AvgIpc) is 2.87. The van der Waals surface area contributed by atoms with Gasteiger partial charge in [0.25, 0.3) is 0 Å². The highest BCUT2D eigenvalue weighted by molar-refractivity contribution is 6.75. The van der Waals surface area contributed by atoms with E-state index in [9.17, 15) is 4.79 Å². The number of rotatable bonds is 8. The lowest BCUT2D eigenvalue weighted by molar-refractivity contribution is -0.132. The van der Waals surface area contributed by atoms with Crippen LogP contribution in [-0.2, 0) is 22.8 Å². The van der Waals surface area contributed by atoms with Crippen LogP contribution in [0.3, 0.4) is 0 Å². The minimum absolute atomic E-state index is 0.00414. The fraction of sp³-hybridized carbons (Fsp3) is 0.958. The SMILES string of the molecule is CC(C)(C)[Si](C)(C)OC[C@H]1O[C@@H](C(N)=O)[C@H](O[Si](C)(C)C(C)(C)C)[C@@H]1O[Si](C)(C)C(C)(C)C. The second kappa shape index (κ2) is 9.78. The molecule has 0 aromatic rings. The Balaban J connectivity index is 3.41. The maximum Gasteiger partial charge on any atom is 0.249 e. The summed E-state index contributed by atoms with van der Waals surface area (Å²) in [4.78, 5) is 12.5. The zero-order valence-corrected chi connectivity index (χ0v) is 27.1. The first-order valence-corrected chi connectivity index (χ1v) is 21.0. The zero-order valence-electron chi connectivity index (χ0n) is 24.1. The third-order valence-corrected chi connectivity index (χ3v) is 21.9. The Morgan fingerprint density at radius 2 is 1.09 bits per heavy atom.